The molecule has 1 aliphatic heterocycles. The maximum absolute atomic E-state index is 13.8. The summed E-state index contributed by atoms with van der Waals surface area (Å²) in [6.07, 6.45) is 2.43. The van der Waals surface area contributed by atoms with Crippen molar-refractivity contribution >= 4 is 28.6 Å². The van der Waals surface area contributed by atoms with Crippen LogP contribution in [0, 0.1) is 11.3 Å². The summed E-state index contributed by atoms with van der Waals surface area (Å²) in [5, 5.41) is 9.62. The molecular weight excluding hydrogens is 369 g/mol. The molecule has 1 saturated heterocycles. The monoisotopic (exact) mass is 385 g/mol. The number of hydrogen-bond donors (Lipinski definition) is 1. The average molecular weight is 386 g/mol. The molecule has 138 valence electrons. The van der Waals surface area contributed by atoms with Gasteiger partial charge in [-0.3, -0.25) is 0 Å². The number of imidazole rings is 1. The normalized spacial score (nSPS) is 20.0. The Morgan fingerprint density at radius 1 is 1.33 bits per heavy atom. The topological polar surface area (TPSA) is 96.7 Å². The number of hydrogen-bond acceptors (Lipinski definition) is 6. The molecule has 0 bridgehead atoms. The molecule has 4 rings (SSSR count). The molecule has 1 aromatic carbocycles. The van der Waals surface area contributed by atoms with Crippen LogP contribution in [0.25, 0.3) is 11.0 Å². The van der Waals surface area contributed by atoms with Gasteiger partial charge >= 0.3 is 0 Å². The van der Waals surface area contributed by atoms with E-state index in [1.807, 2.05) is 15.5 Å². The largest absolute Gasteiger partial charge is 0.340 e. The Labute approximate surface area is 160 Å². The van der Waals surface area contributed by atoms with Gasteiger partial charge in [0.25, 0.3) is 0 Å². The second-order valence-corrected chi connectivity index (χ2v) is 6.98. The lowest BCUT2D eigenvalue weighted by molar-refractivity contribution is 0.243. The number of anilines is 1. The third kappa shape index (κ3) is 3.44. The van der Waals surface area contributed by atoms with Crippen molar-refractivity contribution in [2.45, 2.75) is 25.2 Å². The van der Waals surface area contributed by atoms with E-state index in [0.717, 1.165) is 5.52 Å². The first kappa shape index (κ1) is 17.6. The lowest BCUT2D eigenvalue weighted by Crippen LogP contribution is -2.50. The summed E-state index contributed by atoms with van der Waals surface area (Å²) in [5.74, 6) is 1.25. The number of nitriles is 1. The highest BCUT2D eigenvalue weighted by atomic mass is 35.5. The zero-order chi connectivity index (χ0) is 19.0. The third-order valence-corrected chi connectivity index (χ3v) is 4.88. The van der Waals surface area contributed by atoms with Crippen molar-refractivity contribution in [2.75, 3.05) is 18.0 Å². The number of benzene rings is 1. The molecule has 2 aromatic heterocycles. The number of piperidine rings is 1. The van der Waals surface area contributed by atoms with Gasteiger partial charge < -0.3 is 15.2 Å². The predicted molar refractivity (Wildman–Crippen MR) is 100 cm³/mol. The fourth-order valence-corrected chi connectivity index (χ4v) is 3.38. The van der Waals surface area contributed by atoms with Crippen LogP contribution < -0.4 is 10.6 Å². The molecule has 27 heavy (non-hydrogen) atoms. The first-order valence-electron chi connectivity index (χ1n) is 8.56. The van der Waals surface area contributed by atoms with E-state index in [0.29, 0.717) is 53.9 Å². The Morgan fingerprint density at radius 3 is 2.81 bits per heavy atom. The van der Waals surface area contributed by atoms with Crippen LogP contribution >= 0.6 is 11.6 Å². The van der Waals surface area contributed by atoms with Crippen molar-refractivity contribution in [1.82, 2.24) is 19.5 Å². The fraction of sp³-hybridized carbons (Fsp3) is 0.333. The van der Waals surface area contributed by atoms with Gasteiger partial charge in [0.05, 0.1) is 40.3 Å². The smallest absolute Gasteiger partial charge is 0.207 e. The highest BCUT2D eigenvalue weighted by molar-refractivity contribution is 6.30. The zero-order valence-electron chi connectivity index (χ0n) is 14.4. The number of halogens is 2. The van der Waals surface area contributed by atoms with E-state index in [1.165, 1.54) is 0 Å². The van der Waals surface area contributed by atoms with Crippen molar-refractivity contribution in [3.05, 3.63) is 47.0 Å². The third-order valence-electron chi connectivity index (χ3n) is 4.68. The van der Waals surface area contributed by atoms with Crippen molar-refractivity contribution in [3.8, 4) is 6.07 Å². The number of alkyl halides is 1. The highest BCUT2D eigenvalue weighted by Gasteiger charge is 2.29. The van der Waals surface area contributed by atoms with E-state index < -0.39 is 12.2 Å². The molecule has 1 fully saturated rings. The van der Waals surface area contributed by atoms with E-state index in [4.69, 9.17) is 27.6 Å². The number of rotatable bonds is 3. The molecule has 7 nitrogen and oxygen atoms in total. The van der Waals surface area contributed by atoms with Crippen LogP contribution in [0.2, 0.25) is 5.02 Å². The van der Waals surface area contributed by atoms with E-state index in [9.17, 15) is 4.39 Å². The Balaban J connectivity index is 1.78. The first-order valence-corrected chi connectivity index (χ1v) is 8.94. The predicted octanol–water partition coefficient (Wildman–Crippen LogP) is 2.28. The number of aromatic nitrogens is 4. The van der Waals surface area contributed by atoms with Crippen LogP contribution in [0.4, 0.5) is 10.3 Å². The summed E-state index contributed by atoms with van der Waals surface area (Å²) < 4.78 is 15.8. The standard InChI is InChI=1S/C18H17ClFN7/c19-12-7-23-17(24-8-12)10-27-16-2-1-11(6-21)5-15(16)25-18(27)26-4-3-13(20)14(22)9-26/h1-2,5,7-8,13-14H,3-4,9-10,22H2/t13-,14+/m0/s1. The molecule has 2 atom stereocenters. The van der Waals surface area contributed by atoms with Crippen LogP contribution in [-0.2, 0) is 6.54 Å². The second kappa shape index (κ2) is 7.10. The summed E-state index contributed by atoms with van der Waals surface area (Å²) in [6, 6.07) is 6.89. The number of nitrogens with two attached hydrogens (primary N) is 1. The van der Waals surface area contributed by atoms with Gasteiger partial charge in [-0.05, 0) is 24.6 Å². The SMILES string of the molecule is N#Cc1ccc2c(c1)nc(N1CC[C@H](F)[C@H](N)C1)n2Cc1ncc(Cl)cn1. The molecular formula is C18H17ClFN7. The molecule has 3 heterocycles. The van der Waals surface area contributed by atoms with Crippen LogP contribution in [0.15, 0.2) is 30.6 Å². The van der Waals surface area contributed by atoms with Crippen LogP contribution in [0.1, 0.15) is 17.8 Å². The first-order chi connectivity index (χ1) is 13.0. The van der Waals surface area contributed by atoms with Crippen molar-refractivity contribution < 1.29 is 4.39 Å². The second-order valence-electron chi connectivity index (χ2n) is 6.55. The van der Waals surface area contributed by atoms with Gasteiger partial charge in [0, 0.05) is 25.5 Å². The van der Waals surface area contributed by atoms with Crippen LogP contribution in [-0.4, -0.2) is 44.8 Å². The molecule has 0 amide bonds. The highest BCUT2D eigenvalue weighted by Crippen LogP contribution is 2.27. The lowest BCUT2D eigenvalue weighted by atomic mass is 10.1. The summed E-state index contributed by atoms with van der Waals surface area (Å²) in [6.45, 7) is 1.27. The molecule has 0 aliphatic carbocycles. The Morgan fingerprint density at radius 2 is 2.11 bits per heavy atom. The Hall–Kier alpha value is -2.76. The van der Waals surface area contributed by atoms with E-state index in [2.05, 4.69) is 16.0 Å². The summed E-state index contributed by atoms with van der Waals surface area (Å²) in [4.78, 5) is 15.2. The van der Waals surface area contributed by atoms with Gasteiger partial charge in [0.1, 0.15) is 12.0 Å². The summed E-state index contributed by atoms with van der Waals surface area (Å²) in [7, 11) is 0. The molecule has 0 spiro atoms. The lowest BCUT2D eigenvalue weighted by Gasteiger charge is -2.34. The van der Waals surface area contributed by atoms with E-state index in [-0.39, 0.29) is 0 Å². The Kier molecular flexibility index (Phi) is 4.64. The van der Waals surface area contributed by atoms with Gasteiger partial charge in [-0.15, -0.1) is 0 Å². The molecule has 2 N–H and O–H groups in total. The molecule has 9 heteroatoms. The molecule has 3 aromatic rings. The summed E-state index contributed by atoms with van der Waals surface area (Å²) in [5.41, 5.74) is 7.99. The maximum Gasteiger partial charge on any atom is 0.207 e. The quantitative estimate of drug-likeness (QED) is 0.742. The van der Waals surface area contributed by atoms with Crippen LogP contribution in [0.5, 0.6) is 0 Å². The minimum atomic E-state index is -1.01. The number of fused-ring (bicyclic) bond motifs is 1. The maximum atomic E-state index is 13.8. The van der Waals surface area contributed by atoms with Crippen molar-refractivity contribution in [3.63, 3.8) is 0 Å². The van der Waals surface area contributed by atoms with Gasteiger partial charge in [0.15, 0.2) is 0 Å². The van der Waals surface area contributed by atoms with Gasteiger partial charge in [-0.2, -0.15) is 5.26 Å². The van der Waals surface area contributed by atoms with Crippen molar-refractivity contribution in [1.29, 1.82) is 5.26 Å². The molecule has 0 saturated carbocycles. The zero-order valence-corrected chi connectivity index (χ0v) is 15.1. The molecule has 0 radical (unpaired) electrons. The average Bonchev–Trinajstić information content (AvgIpc) is 3.03. The van der Waals surface area contributed by atoms with Crippen molar-refractivity contribution in [2.24, 2.45) is 5.73 Å². The fourth-order valence-electron chi connectivity index (χ4n) is 3.28. The summed E-state index contributed by atoms with van der Waals surface area (Å²) >= 11 is 5.87. The van der Waals surface area contributed by atoms with Crippen LogP contribution in [0.3, 0.4) is 0 Å². The van der Waals surface area contributed by atoms with Gasteiger partial charge in [0.2, 0.25) is 5.95 Å². The van der Waals surface area contributed by atoms with Gasteiger partial charge in [-0.25, -0.2) is 19.3 Å². The number of nitrogens with zero attached hydrogens (tertiary/aromatic N) is 6. The Bertz CT molecular complexity index is 1010. The minimum absolute atomic E-state index is 0.352. The van der Waals surface area contributed by atoms with E-state index in [1.54, 1.807) is 24.5 Å². The van der Waals surface area contributed by atoms with Gasteiger partial charge in [-0.1, -0.05) is 11.6 Å². The van der Waals surface area contributed by atoms with E-state index >= 15 is 0 Å². The minimum Gasteiger partial charge on any atom is -0.340 e. The molecule has 0 unspecified atom stereocenters. The molecule has 1 aliphatic rings.